The first-order valence-corrected chi connectivity index (χ1v) is 9.29. The second-order valence-electron chi connectivity index (χ2n) is 6.94. The molecule has 152 valence electrons. The first kappa shape index (κ1) is 19.4. The minimum absolute atomic E-state index is 0.0342. The zero-order valence-electron chi connectivity index (χ0n) is 15.2. The van der Waals surface area contributed by atoms with Crippen LogP contribution in [0.2, 0.25) is 0 Å². The number of H-pyrrole nitrogens is 1. The Balaban J connectivity index is 1.68. The summed E-state index contributed by atoms with van der Waals surface area (Å²) >= 11 is 5.14. The van der Waals surface area contributed by atoms with Crippen LogP contribution in [-0.2, 0) is 11.0 Å². The van der Waals surface area contributed by atoms with E-state index in [1.807, 2.05) is 0 Å². The molecule has 1 fully saturated rings. The number of carbonyl (C=O) groups excluding carboxylic acids is 1. The Morgan fingerprint density at radius 1 is 1.34 bits per heavy atom. The van der Waals surface area contributed by atoms with Crippen molar-refractivity contribution in [3.8, 4) is 0 Å². The molecule has 2 N–H and O–H groups in total. The molecule has 11 heteroatoms. The van der Waals surface area contributed by atoms with Crippen molar-refractivity contribution in [2.75, 3.05) is 5.43 Å². The molecule has 3 aromatic rings. The lowest BCUT2D eigenvalue weighted by Gasteiger charge is -2.17. The molecule has 1 amide bonds. The number of fused-ring (bicyclic) bond motifs is 1. The van der Waals surface area contributed by atoms with Crippen molar-refractivity contribution in [2.24, 2.45) is 0 Å². The molecule has 1 aliphatic carbocycles. The van der Waals surface area contributed by atoms with E-state index in [0.717, 1.165) is 28.3 Å². The Bertz CT molecular complexity index is 1220. The number of hydrogen-bond acceptors (Lipinski definition) is 4. The zero-order valence-corrected chi connectivity index (χ0v) is 16.0. The third-order valence-electron chi connectivity index (χ3n) is 4.82. The third-order valence-corrected chi connectivity index (χ3v) is 5.11. The van der Waals surface area contributed by atoms with Gasteiger partial charge in [0, 0.05) is 11.6 Å². The van der Waals surface area contributed by atoms with E-state index in [2.05, 4.69) is 15.5 Å². The monoisotopic (exact) mass is 423 g/mol. The van der Waals surface area contributed by atoms with Crippen LogP contribution in [-0.4, -0.2) is 25.3 Å². The lowest BCUT2D eigenvalue weighted by Crippen LogP contribution is -2.38. The number of nitrogens with zero attached hydrogens (tertiary/aromatic N) is 3. The molecule has 1 atom stereocenters. The van der Waals surface area contributed by atoms with E-state index in [1.165, 1.54) is 6.92 Å². The molecule has 0 bridgehead atoms. The molecule has 1 aliphatic rings. The van der Waals surface area contributed by atoms with Gasteiger partial charge in [0.1, 0.15) is 6.04 Å². The molecule has 2 aromatic heterocycles. The fourth-order valence-corrected chi connectivity index (χ4v) is 3.36. The van der Waals surface area contributed by atoms with Crippen molar-refractivity contribution in [2.45, 2.75) is 37.9 Å². The van der Waals surface area contributed by atoms with Crippen molar-refractivity contribution in [3.05, 3.63) is 56.8 Å². The van der Waals surface area contributed by atoms with Gasteiger partial charge in [-0.2, -0.15) is 22.9 Å². The van der Waals surface area contributed by atoms with E-state index in [0.29, 0.717) is 16.6 Å². The molecular weight excluding hydrogens is 407 g/mol. The number of para-hydroxylation sites is 1. The molecule has 0 spiro atoms. The van der Waals surface area contributed by atoms with Crippen LogP contribution in [0.4, 0.5) is 13.2 Å². The largest absolute Gasteiger partial charge is 0.435 e. The van der Waals surface area contributed by atoms with Crippen LogP contribution in [0.3, 0.4) is 0 Å². The number of benzene rings is 1. The Kier molecular flexibility index (Phi) is 4.56. The fourth-order valence-electron chi connectivity index (χ4n) is 3.12. The van der Waals surface area contributed by atoms with Crippen LogP contribution < -0.4 is 11.0 Å². The van der Waals surface area contributed by atoms with E-state index in [-0.39, 0.29) is 10.7 Å². The number of halogens is 3. The third kappa shape index (κ3) is 3.57. The summed E-state index contributed by atoms with van der Waals surface area (Å²) in [5, 5.41) is 3.92. The summed E-state index contributed by atoms with van der Waals surface area (Å²) in [4.78, 5) is 28.2. The van der Waals surface area contributed by atoms with Crippen molar-refractivity contribution in [3.63, 3.8) is 0 Å². The summed E-state index contributed by atoms with van der Waals surface area (Å²) < 4.78 is 41.2. The number of alkyl halides is 3. The van der Waals surface area contributed by atoms with Crippen molar-refractivity contribution >= 4 is 29.0 Å². The van der Waals surface area contributed by atoms with Gasteiger partial charge in [0.05, 0.1) is 10.9 Å². The minimum atomic E-state index is -4.61. The first-order chi connectivity index (χ1) is 13.7. The van der Waals surface area contributed by atoms with Gasteiger partial charge in [-0.1, -0.05) is 12.1 Å². The number of nitrogens with one attached hydrogen (secondary N) is 2. The Labute approximate surface area is 167 Å². The number of hydrogen-bond donors (Lipinski definition) is 2. The SMILES string of the molecule is C[C@H](C(=O)Nn1c(=S)[nH]c2ccccc2c1=O)n1nc(C(F)(F)F)cc1C1CC1. The summed E-state index contributed by atoms with van der Waals surface area (Å²) in [5.41, 5.74) is 1.68. The van der Waals surface area contributed by atoms with Crippen LogP contribution in [0.15, 0.2) is 35.1 Å². The summed E-state index contributed by atoms with van der Waals surface area (Å²) in [6, 6.07) is 6.55. The van der Waals surface area contributed by atoms with Crippen LogP contribution in [0.25, 0.3) is 10.9 Å². The topological polar surface area (TPSA) is 84.7 Å². The van der Waals surface area contributed by atoms with Crippen LogP contribution in [0.5, 0.6) is 0 Å². The van der Waals surface area contributed by atoms with Crippen LogP contribution >= 0.6 is 12.2 Å². The predicted molar refractivity (Wildman–Crippen MR) is 102 cm³/mol. The zero-order chi connectivity index (χ0) is 20.9. The summed E-state index contributed by atoms with van der Waals surface area (Å²) in [5.74, 6) is -0.763. The van der Waals surface area contributed by atoms with Gasteiger partial charge < -0.3 is 4.98 Å². The molecule has 4 rings (SSSR count). The molecule has 1 saturated carbocycles. The van der Waals surface area contributed by atoms with E-state index in [9.17, 15) is 22.8 Å². The van der Waals surface area contributed by atoms with Crippen molar-refractivity contribution in [1.29, 1.82) is 0 Å². The van der Waals surface area contributed by atoms with Crippen molar-refractivity contribution < 1.29 is 18.0 Å². The standard InChI is InChI=1S/C18H16F3N5O2S/c1-9(25-13(10-6-7-10)8-14(23-25)18(19,20)21)15(27)24-26-16(28)11-4-2-3-5-12(11)22-17(26)29/h2-5,8-10H,6-7H2,1H3,(H,22,29)(H,24,27)/t9-/m1/s1. The van der Waals surface area contributed by atoms with E-state index < -0.39 is 29.4 Å². The van der Waals surface area contributed by atoms with Crippen LogP contribution in [0, 0.1) is 4.77 Å². The number of carbonyl (C=O) groups is 1. The highest BCUT2D eigenvalue weighted by atomic mass is 32.1. The van der Waals surface area contributed by atoms with Gasteiger partial charge in [0.15, 0.2) is 10.5 Å². The highest BCUT2D eigenvalue weighted by Crippen LogP contribution is 2.42. The number of aromatic nitrogens is 4. The summed E-state index contributed by atoms with van der Waals surface area (Å²) in [6.45, 7) is 1.42. The predicted octanol–water partition coefficient (Wildman–Crippen LogP) is 3.48. The first-order valence-electron chi connectivity index (χ1n) is 8.88. The maximum atomic E-state index is 13.1. The molecule has 7 nitrogen and oxygen atoms in total. The molecule has 1 aromatic carbocycles. The normalized spacial score (nSPS) is 15.4. The Morgan fingerprint density at radius 3 is 2.69 bits per heavy atom. The van der Waals surface area contributed by atoms with Crippen molar-refractivity contribution in [1.82, 2.24) is 19.4 Å². The second kappa shape index (κ2) is 6.83. The highest BCUT2D eigenvalue weighted by Gasteiger charge is 2.39. The maximum absolute atomic E-state index is 13.1. The average molecular weight is 423 g/mol. The Hall–Kier alpha value is -2.95. The van der Waals surface area contributed by atoms with Gasteiger partial charge in [0.25, 0.3) is 11.5 Å². The average Bonchev–Trinajstić information content (AvgIpc) is 3.41. The van der Waals surface area contributed by atoms with Gasteiger partial charge in [-0.3, -0.25) is 19.7 Å². The Morgan fingerprint density at radius 2 is 2.03 bits per heavy atom. The summed E-state index contributed by atoms with van der Waals surface area (Å²) in [6.07, 6.45) is -3.12. The lowest BCUT2D eigenvalue weighted by atomic mass is 10.2. The molecular formula is C18H16F3N5O2S. The second-order valence-corrected chi connectivity index (χ2v) is 7.33. The van der Waals surface area contributed by atoms with E-state index in [4.69, 9.17) is 12.2 Å². The molecule has 0 aliphatic heterocycles. The molecule has 0 radical (unpaired) electrons. The van der Waals surface area contributed by atoms with Gasteiger partial charge in [-0.15, -0.1) is 0 Å². The van der Waals surface area contributed by atoms with E-state index in [1.54, 1.807) is 24.3 Å². The summed E-state index contributed by atoms with van der Waals surface area (Å²) in [7, 11) is 0. The van der Waals surface area contributed by atoms with Gasteiger partial charge in [-0.25, -0.2) is 0 Å². The van der Waals surface area contributed by atoms with E-state index >= 15 is 0 Å². The highest BCUT2D eigenvalue weighted by molar-refractivity contribution is 7.71. The minimum Gasteiger partial charge on any atom is -0.330 e. The number of amides is 1. The van der Waals surface area contributed by atoms with Crippen LogP contribution in [0.1, 0.15) is 43.1 Å². The molecule has 2 heterocycles. The smallest absolute Gasteiger partial charge is 0.330 e. The van der Waals surface area contributed by atoms with Gasteiger partial charge >= 0.3 is 6.18 Å². The molecule has 0 saturated heterocycles. The maximum Gasteiger partial charge on any atom is 0.435 e. The molecule has 29 heavy (non-hydrogen) atoms. The van der Waals surface area contributed by atoms with Gasteiger partial charge in [0.2, 0.25) is 0 Å². The lowest BCUT2D eigenvalue weighted by molar-refractivity contribution is -0.141. The number of aromatic amines is 1. The molecule has 0 unspecified atom stereocenters. The quantitative estimate of drug-likeness (QED) is 0.630. The fraction of sp³-hybridized carbons (Fsp3) is 0.333. The van der Waals surface area contributed by atoms with Gasteiger partial charge in [-0.05, 0) is 50.2 Å². The number of rotatable bonds is 4.